The largest absolute Gasteiger partial charge is 0.279 e. The first-order chi connectivity index (χ1) is 11.5. The zero-order valence-corrected chi connectivity index (χ0v) is 14.8. The summed E-state index contributed by atoms with van der Waals surface area (Å²) in [5.74, 6) is 0. The molecule has 0 fully saturated rings. The second-order valence-electron chi connectivity index (χ2n) is 4.77. The van der Waals surface area contributed by atoms with E-state index >= 15 is 0 Å². The fourth-order valence-corrected chi connectivity index (χ4v) is 3.36. The number of nitriles is 1. The number of thioether (sulfide) groups is 1. The molecule has 8 heteroatoms. The van der Waals surface area contributed by atoms with Crippen LogP contribution in [0.1, 0.15) is 5.56 Å². The van der Waals surface area contributed by atoms with Crippen molar-refractivity contribution >= 4 is 38.3 Å². The molecule has 2 N–H and O–H groups in total. The van der Waals surface area contributed by atoms with E-state index in [0.717, 1.165) is 5.56 Å². The third-order valence-electron chi connectivity index (χ3n) is 3.12. The molecule has 0 radical (unpaired) electrons. The third kappa shape index (κ3) is 4.50. The molecule has 0 aliphatic heterocycles. The first-order valence-electron chi connectivity index (χ1n) is 6.92. The Morgan fingerprint density at radius 2 is 1.83 bits per heavy atom. The number of hydrogen-bond donors (Lipinski definition) is 2. The average Bonchev–Trinajstić information content (AvgIpc) is 2.57. The molecule has 0 aromatic heterocycles. The van der Waals surface area contributed by atoms with Gasteiger partial charge in [-0.15, -0.1) is 0 Å². The van der Waals surface area contributed by atoms with Crippen LogP contribution in [0.15, 0.2) is 58.4 Å². The van der Waals surface area contributed by atoms with Gasteiger partial charge < -0.3 is 0 Å². The van der Waals surface area contributed by atoms with Crippen molar-refractivity contribution in [2.24, 2.45) is 4.99 Å². The van der Waals surface area contributed by atoms with E-state index in [1.807, 2.05) is 19.1 Å². The minimum absolute atomic E-state index is 0.142. The molecule has 124 valence electrons. The molecule has 0 atom stereocenters. The van der Waals surface area contributed by atoms with Crippen molar-refractivity contribution in [2.45, 2.75) is 11.8 Å². The summed E-state index contributed by atoms with van der Waals surface area (Å²) in [6.07, 6.45) is 3.59. The summed E-state index contributed by atoms with van der Waals surface area (Å²) in [4.78, 5) is 4.36. The van der Waals surface area contributed by atoms with Gasteiger partial charge in [-0.05, 0) is 49.1 Å². The minimum Gasteiger partial charge on any atom is -0.279 e. The van der Waals surface area contributed by atoms with Crippen LogP contribution in [-0.2, 0) is 10.0 Å². The highest BCUT2D eigenvalue weighted by atomic mass is 32.2. The maximum atomic E-state index is 12.4. The number of para-hydroxylation sites is 1. The summed E-state index contributed by atoms with van der Waals surface area (Å²) in [6, 6.07) is 13.3. The second-order valence-corrected chi connectivity index (χ2v) is 7.25. The molecule has 0 amide bonds. The number of anilines is 1. The van der Waals surface area contributed by atoms with Crippen molar-refractivity contribution in [1.29, 1.82) is 5.26 Å². The smallest absolute Gasteiger partial charge is 0.261 e. The average molecular weight is 360 g/mol. The highest BCUT2D eigenvalue weighted by Gasteiger charge is 2.14. The first-order valence-corrected chi connectivity index (χ1v) is 9.63. The molecular formula is C16H16N4O2S2. The Bertz CT molecular complexity index is 885. The van der Waals surface area contributed by atoms with E-state index in [2.05, 4.69) is 15.0 Å². The molecule has 2 rings (SSSR count). The standard InChI is InChI=1S/C16H16N4O2S2/c1-12-5-3-4-6-15(12)20-24(21,22)14-9-7-13(8-10-14)19-16(23-2)18-11-17/h3-10,20H,1-2H3,(H,18,19). The molecule has 0 aliphatic carbocycles. The number of amidine groups is 1. The first kappa shape index (κ1) is 17.8. The van der Waals surface area contributed by atoms with Crippen molar-refractivity contribution < 1.29 is 8.42 Å². The predicted octanol–water partition coefficient (Wildman–Crippen LogP) is 3.22. The monoisotopic (exact) mass is 360 g/mol. The van der Waals surface area contributed by atoms with Crippen LogP contribution in [0, 0.1) is 18.4 Å². The van der Waals surface area contributed by atoms with Gasteiger partial charge in [0.15, 0.2) is 11.4 Å². The molecule has 2 aromatic carbocycles. The van der Waals surface area contributed by atoms with Crippen LogP contribution < -0.4 is 10.0 Å². The second kappa shape index (κ2) is 7.86. The number of rotatable bonds is 4. The van der Waals surface area contributed by atoms with Crippen LogP contribution in [-0.4, -0.2) is 19.8 Å². The van der Waals surface area contributed by atoms with Gasteiger partial charge in [-0.3, -0.25) is 10.0 Å². The van der Waals surface area contributed by atoms with E-state index < -0.39 is 10.0 Å². The topological polar surface area (TPSA) is 94.3 Å². The maximum absolute atomic E-state index is 12.4. The third-order valence-corrected chi connectivity index (χ3v) is 5.08. The van der Waals surface area contributed by atoms with Crippen LogP contribution in [0.5, 0.6) is 0 Å². The molecule has 0 unspecified atom stereocenters. The fraction of sp³-hybridized carbons (Fsp3) is 0.125. The van der Waals surface area contributed by atoms with Gasteiger partial charge in [-0.1, -0.05) is 30.0 Å². The van der Waals surface area contributed by atoms with Crippen molar-refractivity contribution in [1.82, 2.24) is 5.32 Å². The predicted molar refractivity (Wildman–Crippen MR) is 97.8 cm³/mol. The molecule has 0 aliphatic rings. The fourth-order valence-electron chi connectivity index (χ4n) is 1.88. The lowest BCUT2D eigenvalue weighted by molar-refractivity contribution is 0.601. The SMILES string of the molecule is CSC(=Nc1ccc(S(=O)(=O)Nc2ccccc2C)cc1)NC#N. The lowest BCUT2D eigenvalue weighted by Crippen LogP contribution is -2.13. The minimum atomic E-state index is -3.67. The lowest BCUT2D eigenvalue weighted by Gasteiger charge is -2.10. The van der Waals surface area contributed by atoms with Gasteiger partial charge in [0.05, 0.1) is 16.3 Å². The van der Waals surface area contributed by atoms with Crippen LogP contribution in [0.3, 0.4) is 0 Å². The Morgan fingerprint density at radius 3 is 2.42 bits per heavy atom. The molecule has 6 nitrogen and oxygen atoms in total. The van der Waals surface area contributed by atoms with E-state index in [-0.39, 0.29) is 4.90 Å². The molecule has 0 spiro atoms. The van der Waals surface area contributed by atoms with E-state index in [1.54, 1.807) is 36.7 Å². The van der Waals surface area contributed by atoms with Crippen molar-refractivity contribution in [3.8, 4) is 6.19 Å². The Hall–Kier alpha value is -2.50. The van der Waals surface area contributed by atoms with Crippen LogP contribution in [0.25, 0.3) is 0 Å². The Morgan fingerprint density at radius 1 is 1.17 bits per heavy atom. The number of aryl methyl sites for hydroxylation is 1. The van der Waals surface area contributed by atoms with Gasteiger partial charge in [0.2, 0.25) is 0 Å². The molecule has 0 saturated carbocycles. The zero-order valence-electron chi connectivity index (χ0n) is 13.1. The van der Waals surface area contributed by atoms with Crippen LogP contribution in [0.2, 0.25) is 0 Å². The number of aliphatic imine (C=N–C) groups is 1. The zero-order chi connectivity index (χ0) is 17.6. The molecular weight excluding hydrogens is 344 g/mol. The van der Waals surface area contributed by atoms with E-state index in [1.165, 1.54) is 23.9 Å². The van der Waals surface area contributed by atoms with Crippen molar-refractivity contribution in [3.05, 3.63) is 54.1 Å². The van der Waals surface area contributed by atoms with Gasteiger partial charge in [0.25, 0.3) is 10.0 Å². The molecule has 0 bridgehead atoms. The highest BCUT2D eigenvalue weighted by molar-refractivity contribution is 8.13. The van der Waals surface area contributed by atoms with E-state index in [0.29, 0.717) is 16.5 Å². The van der Waals surface area contributed by atoms with Gasteiger partial charge in [0.1, 0.15) is 0 Å². The van der Waals surface area contributed by atoms with Crippen LogP contribution >= 0.6 is 11.8 Å². The summed E-state index contributed by atoms with van der Waals surface area (Å²) in [5.41, 5.74) is 1.94. The van der Waals surface area contributed by atoms with Crippen molar-refractivity contribution in [3.63, 3.8) is 0 Å². The van der Waals surface area contributed by atoms with Crippen molar-refractivity contribution in [2.75, 3.05) is 11.0 Å². The number of sulfonamides is 1. The Balaban J connectivity index is 2.24. The summed E-state index contributed by atoms with van der Waals surface area (Å²) in [5, 5.41) is 11.5. The van der Waals surface area contributed by atoms with Gasteiger partial charge >= 0.3 is 0 Å². The normalized spacial score (nSPS) is 11.6. The Kier molecular flexibility index (Phi) is 5.84. The summed E-state index contributed by atoms with van der Waals surface area (Å²) >= 11 is 1.29. The van der Waals surface area contributed by atoms with E-state index in [4.69, 9.17) is 5.26 Å². The highest BCUT2D eigenvalue weighted by Crippen LogP contribution is 2.22. The maximum Gasteiger partial charge on any atom is 0.261 e. The van der Waals surface area contributed by atoms with Gasteiger partial charge in [0, 0.05) is 0 Å². The molecule has 2 aromatic rings. The molecule has 24 heavy (non-hydrogen) atoms. The molecule has 0 saturated heterocycles. The number of benzene rings is 2. The van der Waals surface area contributed by atoms with Gasteiger partial charge in [-0.2, -0.15) is 5.26 Å². The molecule has 0 heterocycles. The quantitative estimate of drug-likeness (QED) is 0.378. The van der Waals surface area contributed by atoms with Crippen LogP contribution in [0.4, 0.5) is 11.4 Å². The Labute approximate surface area is 145 Å². The summed E-state index contributed by atoms with van der Waals surface area (Å²) in [6.45, 7) is 1.84. The van der Waals surface area contributed by atoms with Gasteiger partial charge in [-0.25, -0.2) is 13.4 Å². The number of hydrogen-bond acceptors (Lipinski definition) is 5. The number of nitrogens with one attached hydrogen (secondary N) is 2. The summed E-state index contributed by atoms with van der Waals surface area (Å²) in [7, 11) is -3.67. The van der Waals surface area contributed by atoms with E-state index in [9.17, 15) is 8.42 Å². The number of nitrogens with zero attached hydrogens (tertiary/aromatic N) is 2. The lowest BCUT2D eigenvalue weighted by atomic mass is 10.2. The summed E-state index contributed by atoms with van der Waals surface area (Å²) < 4.78 is 27.5.